The lowest BCUT2D eigenvalue weighted by molar-refractivity contribution is -0.137. The van der Waals surface area contributed by atoms with Crippen molar-refractivity contribution in [2.45, 2.75) is 58.3 Å². The average Bonchev–Trinajstić information content (AvgIpc) is 2.48. The van der Waals surface area contributed by atoms with Crippen molar-refractivity contribution in [2.24, 2.45) is 11.8 Å². The van der Waals surface area contributed by atoms with Gasteiger partial charge in [0.25, 0.3) is 0 Å². The molecule has 0 radical (unpaired) electrons. The highest BCUT2D eigenvalue weighted by molar-refractivity contribution is 5.79. The van der Waals surface area contributed by atoms with Crippen molar-refractivity contribution in [3.05, 3.63) is 0 Å². The Morgan fingerprint density at radius 2 is 1.95 bits per heavy atom. The van der Waals surface area contributed by atoms with Gasteiger partial charge in [-0.15, -0.1) is 0 Å². The van der Waals surface area contributed by atoms with Crippen LogP contribution in [-0.4, -0.2) is 37.0 Å². The van der Waals surface area contributed by atoms with Crippen LogP contribution >= 0.6 is 0 Å². The predicted octanol–water partition coefficient (Wildman–Crippen LogP) is 2.80. The van der Waals surface area contributed by atoms with Crippen LogP contribution in [0, 0.1) is 11.8 Å². The molecule has 110 valence electrons. The van der Waals surface area contributed by atoms with Crippen molar-refractivity contribution in [2.75, 3.05) is 26.2 Å². The average molecular weight is 266 g/mol. The molecule has 0 aromatic rings. The number of nitrogens with one attached hydrogen (secondary N) is 1. The molecular formula is C16H30N2O. The number of hydrogen-bond acceptors (Lipinski definition) is 2. The minimum Gasteiger partial charge on any atom is -0.342 e. The summed E-state index contributed by atoms with van der Waals surface area (Å²) in [4.78, 5) is 14.8. The Morgan fingerprint density at radius 1 is 1.16 bits per heavy atom. The third kappa shape index (κ3) is 4.48. The number of rotatable bonds is 5. The van der Waals surface area contributed by atoms with Gasteiger partial charge in [-0.3, -0.25) is 4.79 Å². The summed E-state index contributed by atoms with van der Waals surface area (Å²) >= 11 is 0. The molecule has 1 saturated carbocycles. The molecule has 0 bridgehead atoms. The van der Waals surface area contributed by atoms with E-state index in [1.807, 2.05) is 0 Å². The van der Waals surface area contributed by atoms with Crippen LogP contribution in [0.2, 0.25) is 0 Å². The molecule has 2 rings (SSSR count). The Kier molecular flexibility index (Phi) is 6.15. The zero-order chi connectivity index (χ0) is 13.5. The molecule has 2 aliphatic rings. The zero-order valence-corrected chi connectivity index (χ0v) is 12.5. The van der Waals surface area contributed by atoms with E-state index in [0.717, 1.165) is 51.4 Å². The second-order valence-electron chi connectivity index (χ2n) is 6.33. The van der Waals surface area contributed by atoms with Gasteiger partial charge < -0.3 is 10.2 Å². The zero-order valence-electron chi connectivity index (χ0n) is 12.5. The third-order valence-electron chi connectivity index (χ3n) is 4.65. The molecule has 1 heterocycles. The van der Waals surface area contributed by atoms with Crippen molar-refractivity contribution in [3.8, 4) is 0 Å². The highest BCUT2D eigenvalue weighted by Crippen LogP contribution is 2.25. The van der Waals surface area contributed by atoms with Crippen LogP contribution in [0.3, 0.4) is 0 Å². The van der Waals surface area contributed by atoms with Crippen LogP contribution in [0.1, 0.15) is 58.3 Å². The lowest BCUT2D eigenvalue weighted by atomic mass is 9.88. The molecule has 1 amide bonds. The highest BCUT2D eigenvalue weighted by Gasteiger charge is 2.27. The summed E-state index contributed by atoms with van der Waals surface area (Å²) < 4.78 is 0. The van der Waals surface area contributed by atoms with Crippen molar-refractivity contribution in [1.29, 1.82) is 0 Å². The normalized spacial score (nSPS) is 25.2. The molecular weight excluding hydrogens is 236 g/mol. The molecule has 2 fully saturated rings. The maximum Gasteiger partial charge on any atom is 0.226 e. The van der Waals surface area contributed by atoms with Crippen molar-refractivity contribution >= 4 is 5.91 Å². The lowest BCUT2D eigenvalue weighted by Crippen LogP contribution is -2.45. The summed E-state index contributed by atoms with van der Waals surface area (Å²) in [7, 11) is 0. The molecule has 1 atom stereocenters. The van der Waals surface area contributed by atoms with Crippen molar-refractivity contribution < 1.29 is 4.79 Å². The molecule has 3 nitrogen and oxygen atoms in total. The SMILES string of the molecule is CCCN(CC1CCCCC1)C(=O)C1CCCNC1. The van der Waals surface area contributed by atoms with E-state index < -0.39 is 0 Å². The second-order valence-corrected chi connectivity index (χ2v) is 6.33. The number of hydrogen-bond donors (Lipinski definition) is 1. The van der Waals surface area contributed by atoms with Gasteiger partial charge in [-0.1, -0.05) is 26.2 Å². The van der Waals surface area contributed by atoms with Gasteiger partial charge in [0.2, 0.25) is 5.91 Å². The monoisotopic (exact) mass is 266 g/mol. The minimum atomic E-state index is 0.240. The molecule has 0 aromatic carbocycles. The molecule has 0 spiro atoms. The smallest absolute Gasteiger partial charge is 0.226 e. The number of piperidine rings is 1. The summed E-state index contributed by atoms with van der Waals surface area (Å²) in [5.41, 5.74) is 0. The predicted molar refractivity (Wildman–Crippen MR) is 79.0 cm³/mol. The van der Waals surface area contributed by atoms with Gasteiger partial charge in [-0.05, 0) is 44.6 Å². The summed E-state index contributed by atoms with van der Waals surface area (Å²) in [6.45, 7) is 6.12. The Hall–Kier alpha value is -0.570. The summed E-state index contributed by atoms with van der Waals surface area (Å²) in [5, 5.41) is 3.37. The minimum absolute atomic E-state index is 0.240. The first kappa shape index (κ1) is 14.8. The summed E-state index contributed by atoms with van der Waals surface area (Å²) in [6.07, 6.45) is 10.1. The van der Waals surface area contributed by atoms with Crippen LogP contribution in [0.5, 0.6) is 0 Å². The van der Waals surface area contributed by atoms with Gasteiger partial charge in [-0.2, -0.15) is 0 Å². The standard InChI is InChI=1S/C16H30N2O/c1-2-11-18(13-14-7-4-3-5-8-14)16(19)15-9-6-10-17-12-15/h14-15,17H,2-13H2,1H3. The fourth-order valence-corrected chi connectivity index (χ4v) is 3.56. The highest BCUT2D eigenvalue weighted by atomic mass is 16.2. The van der Waals surface area contributed by atoms with E-state index in [1.54, 1.807) is 0 Å². The van der Waals surface area contributed by atoms with E-state index >= 15 is 0 Å². The van der Waals surface area contributed by atoms with E-state index in [4.69, 9.17) is 0 Å². The van der Waals surface area contributed by atoms with E-state index in [2.05, 4.69) is 17.1 Å². The molecule has 1 aliphatic carbocycles. The first-order valence-electron chi connectivity index (χ1n) is 8.30. The van der Waals surface area contributed by atoms with E-state index in [0.29, 0.717) is 5.91 Å². The third-order valence-corrected chi connectivity index (χ3v) is 4.65. The Bertz CT molecular complexity index is 268. The maximum atomic E-state index is 12.6. The number of nitrogens with zero attached hydrogens (tertiary/aromatic N) is 1. The van der Waals surface area contributed by atoms with E-state index in [9.17, 15) is 4.79 Å². The molecule has 19 heavy (non-hydrogen) atoms. The Morgan fingerprint density at radius 3 is 2.58 bits per heavy atom. The van der Waals surface area contributed by atoms with Gasteiger partial charge in [-0.25, -0.2) is 0 Å². The van der Waals surface area contributed by atoms with Gasteiger partial charge in [0.1, 0.15) is 0 Å². The molecule has 1 saturated heterocycles. The second kappa shape index (κ2) is 7.88. The fraction of sp³-hybridized carbons (Fsp3) is 0.938. The van der Waals surface area contributed by atoms with Crippen molar-refractivity contribution in [1.82, 2.24) is 10.2 Å². The maximum absolute atomic E-state index is 12.6. The molecule has 1 unspecified atom stereocenters. The molecule has 0 aromatic heterocycles. The van der Waals surface area contributed by atoms with Crippen LogP contribution in [0.25, 0.3) is 0 Å². The van der Waals surface area contributed by atoms with Gasteiger partial charge in [0.15, 0.2) is 0 Å². The first-order chi connectivity index (χ1) is 9.31. The molecule has 1 aliphatic heterocycles. The van der Waals surface area contributed by atoms with Crippen LogP contribution in [0.15, 0.2) is 0 Å². The van der Waals surface area contributed by atoms with Gasteiger partial charge in [0.05, 0.1) is 5.92 Å². The molecule has 3 heteroatoms. The lowest BCUT2D eigenvalue weighted by Gasteiger charge is -2.33. The fourth-order valence-electron chi connectivity index (χ4n) is 3.56. The summed E-state index contributed by atoms with van der Waals surface area (Å²) in [6, 6.07) is 0. The molecule has 1 N–H and O–H groups in total. The number of carbonyl (C=O) groups excluding carboxylic acids is 1. The van der Waals surface area contributed by atoms with Crippen LogP contribution in [0.4, 0.5) is 0 Å². The number of carbonyl (C=O) groups is 1. The first-order valence-corrected chi connectivity index (χ1v) is 8.30. The Balaban J connectivity index is 1.87. The van der Waals surface area contributed by atoms with E-state index in [1.165, 1.54) is 32.1 Å². The van der Waals surface area contributed by atoms with Crippen molar-refractivity contribution in [3.63, 3.8) is 0 Å². The number of amides is 1. The largest absolute Gasteiger partial charge is 0.342 e. The summed E-state index contributed by atoms with van der Waals surface area (Å²) in [5.74, 6) is 1.42. The van der Waals surface area contributed by atoms with Gasteiger partial charge in [0, 0.05) is 19.6 Å². The topological polar surface area (TPSA) is 32.3 Å². The Labute approximate surface area is 118 Å². The van der Waals surface area contributed by atoms with E-state index in [-0.39, 0.29) is 5.92 Å². The van der Waals surface area contributed by atoms with Gasteiger partial charge >= 0.3 is 0 Å². The van der Waals surface area contributed by atoms with Crippen LogP contribution in [-0.2, 0) is 4.79 Å². The quantitative estimate of drug-likeness (QED) is 0.830. The van der Waals surface area contributed by atoms with Crippen LogP contribution < -0.4 is 5.32 Å².